The van der Waals surface area contributed by atoms with Gasteiger partial charge in [-0.25, -0.2) is 4.79 Å². The summed E-state index contributed by atoms with van der Waals surface area (Å²) < 4.78 is 16.2. The lowest BCUT2D eigenvalue weighted by molar-refractivity contribution is 0.0696. The Kier molecular flexibility index (Phi) is 4.20. The third-order valence-electron chi connectivity index (χ3n) is 3.91. The lowest BCUT2D eigenvalue weighted by Crippen LogP contribution is -2.37. The highest BCUT2D eigenvalue weighted by atomic mass is 16.5. The van der Waals surface area contributed by atoms with Gasteiger partial charge >= 0.3 is 5.97 Å². The Bertz CT molecular complexity index is 741. The van der Waals surface area contributed by atoms with Crippen LogP contribution in [0.2, 0.25) is 0 Å². The van der Waals surface area contributed by atoms with Crippen LogP contribution in [0.5, 0.6) is 11.5 Å². The number of anilines is 1. The number of pyridine rings is 1. The van der Waals surface area contributed by atoms with Crippen LogP contribution in [-0.2, 0) is 4.74 Å². The van der Waals surface area contributed by atoms with E-state index in [0.717, 1.165) is 0 Å². The molecule has 7 nitrogen and oxygen atoms in total. The van der Waals surface area contributed by atoms with Gasteiger partial charge in [-0.15, -0.1) is 0 Å². The van der Waals surface area contributed by atoms with E-state index < -0.39 is 5.97 Å². The van der Waals surface area contributed by atoms with E-state index in [1.807, 2.05) is 4.90 Å². The van der Waals surface area contributed by atoms with Gasteiger partial charge in [-0.3, -0.25) is 4.98 Å². The van der Waals surface area contributed by atoms with Crippen LogP contribution in [0.15, 0.2) is 18.3 Å². The topological polar surface area (TPSA) is 81.1 Å². The molecule has 1 aliphatic rings. The second-order valence-corrected chi connectivity index (χ2v) is 5.12. The van der Waals surface area contributed by atoms with Crippen LogP contribution in [0.25, 0.3) is 10.9 Å². The summed E-state index contributed by atoms with van der Waals surface area (Å²) in [6.45, 7) is 2.32. The second kappa shape index (κ2) is 6.29. The smallest absolute Gasteiger partial charge is 0.339 e. The number of ether oxygens (including phenoxy) is 3. The summed E-state index contributed by atoms with van der Waals surface area (Å²) in [5.41, 5.74) is 1.32. The number of rotatable bonds is 4. The van der Waals surface area contributed by atoms with E-state index in [2.05, 4.69) is 4.98 Å². The number of carboxylic acid groups (broad SMARTS) is 1. The number of benzene rings is 1. The van der Waals surface area contributed by atoms with Crippen molar-refractivity contribution in [3.05, 3.63) is 23.9 Å². The summed E-state index contributed by atoms with van der Waals surface area (Å²) >= 11 is 0. The summed E-state index contributed by atoms with van der Waals surface area (Å²) in [4.78, 5) is 18.0. The highest BCUT2D eigenvalue weighted by molar-refractivity contribution is 6.08. The van der Waals surface area contributed by atoms with Gasteiger partial charge in [-0.1, -0.05) is 0 Å². The Hall–Kier alpha value is -2.54. The lowest BCUT2D eigenvalue weighted by atomic mass is 10.1. The summed E-state index contributed by atoms with van der Waals surface area (Å²) in [5.74, 6) is 0.121. The van der Waals surface area contributed by atoms with Crippen LogP contribution in [0.3, 0.4) is 0 Å². The average molecular weight is 318 g/mol. The molecule has 0 saturated carbocycles. The zero-order chi connectivity index (χ0) is 16.4. The van der Waals surface area contributed by atoms with Crippen molar-refractivity contribution in [1.82, 2.24) is 4.98 Å². The summed E-state index contributed by atoms with van der Waals surface area (Å²) in [6, 6.07) is 3.52. The fourth-order valence-corrected chi connectivity index (χ4v) is 2.84. The monoisotopic (exact) mass is 318 g/mol. The molecule has 1 fully saturated rings. The number of hydrogen-bond acceptors (Lipinski definition) is 6. The molecule has 0 aliphatic carbocycles. The molecule has 0 radical (unpaired) electrons. The van der Waals surface area contributed by atoms with Crippen molar-refractivity contribution >= 4 is 22.6 Å². The molecule has 2 heterocycles. The van der Waals surface area contributed by atoms with E-state index in [-0.39, 0.29) is 5.56 Å². The molecular formula is C16H18N2O5. The van der Waals surface area contributed by atoms with Crippen molar-refractivity contribution in [2.24, 2.45) is 0 Å². The average Bonchev–Trinajstić information content (AvgIpc) is 2.60. The highest BCUT2D eigenvalue weighted by Crippen LogP contribution is 2.40. The molecule has 0 amide bonds. The molecule has 0 atom stereocenters. The van der Waals surface area contributed by atoms with E-state index in [9.17, 15) is 9.90 Å². The Balaban J connectivity index is 2.34. The first kappa shape index (κ1) is 15.4. The Morgan fingerprint density at radius 2 is 1.87 bits per heavy atom. The minimum atomic E-state index is -1.02. The SMILES string of the molecule is COc1ccc(OC)c2c(N3CCOCC3)c(C(=O)O)cnc12. The molecular weight excluding hydrogens is 300 g/mol. The molecule has 1 aromatic carbocycles. The highest BCUT2D eigenvalue weighted by Gasteiger charge is 2.25. The first-order valence-electron chi connectivity index (χ1n) is 7.27. The van der Waals surface area contributed by atoms with Gasteiger partial charge in [0.2, 0.25) is 0 Å². The third kappa shape index (κ3) is 2.63. The van der Waals surface area contributed by atoms with Crippen molar-refractivity contribution in [1.29, 1.82) is 0 Å². The van der Waals surface area contributed by atoms with Gasteiger partial charge in [0.15, 0.2) is 0 Å². The van der Waals surface area contributed by atoms with Gasteiger partial charge in [0.1, 0.15) is 22.6 Å². The van der Waals surface area contributed by atoms with Crippen molar-refractivity contribution in [2.45, 2.75) is 0 Å². The largest absolute Gasteiger partial charge is 0.496 e. The van der Waals surface area contributed by atoms with Crippen molar-refractivity contribution in [2.75, 3.05) is 45.4 Å². The zero-order valence-electron chi connectivity index (χ0n) is 13.0. The summed E-state index contributed by atoms with van der Waals surface area (Å²) in [5, 5.41) is 10.2. The molecule has 1 aromatic heterocycles. The molecule has 1 aliphatic heterocycles. The standard InChI is InChI=1S/C16H18N2O5/c1-21-11-3-4-12(22-2)14-13(11)15(10(9-17-14)16(19)20)18-5-7-23-8-6-18/h3-4,9H,5-8H2,1-2H3,(H,19,20). The van der Waals surface area contributed by atoms with Crippen molar-refractivity contribution < 1.29 is 24.1 Å². The van der Waals surface area contributed by atoms with Gasteiger partial charge < -0.3 is 24.2 Å². The van der Waals surface area contributed by atoms with Gasteiger partial charge in [-0.05, 0) is 12.1 Å². The predicted octanol–water partition coefficient (Wildman–Crippen LogP) is 1.79. The predicted molar refractivity (Wildman–Crippen MR) is 84.8 cm³/mol. The van der Waals surface area contributed by atoms with E-state index >= 15 is 0 Å². The van der Waals surface area contributed by atoms with Gasteiger partial charge in [0.25, 0.3) is 0 Å². The number of nitrogens with zero attached hydrogens (tertiary/aromatic N) is 2. The molecule has 7 heteroatoms. The zero-order valence-corrected chi connectivity index (χ0v) is 13.0. The first-order chi connectivity index (χ1) is 11.2. The minimum absolute atomic E-state index is 0.144. The number of carbonyl (C=O) groups is 1. The van der Waals surface area contributed by atoms with Crippen LogP contribution < -0.4 is 14.4 Å². The maximum Gasteiger partial charge on any atom is 0.339 e. The molecule has 122 valence electrons. The number of hydrogen-bond donors (Lipinski definition) is 1. The third-order valence-corrected chi connectivity index (χ3v) is 3.91. The Morgan fingerprint density at radius 1 is 1.22 bits per heavy atom. The molecule has 3 rings (SSSR count). The molecule has 23 heavy (non-hydrogen) atoms. The number of aromatic carboxylic acids is 1. The van der Waals surface area contributed by atoms with Gasteiger partial charge in [0, 0.05) is 19.3 Å². The molecule has 0 unspecified atom stereocenters. The lowest BCUT2D eigenvalue weighted by Gasteiger charge is -2.31. The second-order valence-electron chi connectivity index (χ2n) is 5.12. The van der Waals surface area contributed by atoms with Gasteiger partial charge in [0.05, 0.1) is 38.5 Å². The van der Waals surface area contributed by atoms with E-state index in [0.29, 0.717) is 54.4 Å². The van der Waals surface area contributed by atoms with Crippen LogP contribution >= 0.6 is 0 Å². The first-order valence-corrected chi connectivity index (χ1v) is 7.27. The number of methoxy groups -OCH3 is 2. The van der Waals surface area contributed by atoms with E-state index in [1.165, 1.54) is 6.20 Å². The normalized spacial score (nSPS) is 14.8. The number of aromatic nitrogens is 1. The summed E-state index contributed by atoms with van der Waals surface area (Å²) in [7, 11) is 3.11. The Morgan fingerprint density at radius 3 is 2.48 bits per heavy atom. The molecule has 0 spiro atoms. The van der Waals surface area contributed by atoms with Crippen molar-refractivity contribution in [3.8, 4) is 11.5 Å². The fourth-order valence-electron chi connectivity index (χ4n) is 2.84. The maximum absolute atomic E-state index is 11.7. The minimum Gasteiger partial charge on any atom is -0.496 e. The van der Waals surface area contributed by atoms with Crippen LogP contribution in [0.1, 0.15) is 10.4 Å². The Labute approximate surface area is 133 Å². The van der Waals surface area contributed by atoms with E-state index in [1.54, 1.807) is 26.4 Å². The molecule has 1 N–H and O–H groups in total. The van der Waals surface area contributed by atoms with Crippen LogP contribution in [-0.4, -0.2) is 56.6 Å². The molecule has 2 aromatic rings. The fraction of sp³-hybridized carbons (Fsp3) is 0.375. The van der Waals surface area contributed by atoms with Crippen LogP contribution in [0.4, 0.5) is 5.69 Å². The number of carboxylic acids is 1. The van der Waals surface area contributed by atoms with Crippen molar-refractivity contribution in [3.63, 3.8) is 0 Å². The van der Waals surface area contributed by atoms with E-state index in [4.69, 9.17) is 14.2 Å². The maximum atomic E-state index is 11.7. The number of fused-ring (bicyclic) bond motifs is 1. The quantitative estimate of drug-likeness (QED) is 0.920. The summed E-state index contributed by atoms with van der Waals surface area (Å²) in [6.07, 6.45) is 1.37. The van der Waals surface area contributed by atoms with Gasteiger partial charge in [-0.2, -0.15) is 0 Å². The number of morpholine rings is 1. The molecule has 1 saturated heterocycles. The van der Waals surface area contributed by atoms with Crippen LogP contribution in [0, 0.1) is 0 Å². The molecule has 0 bridgehead atoms.